The Hall–Kier alpha value is -0.940. The minimum absolute atomic E-state index is 0.00914. The predicted molar refractivity (Wildman–Crippen MR) is 57.3 cm³/mol. The summed E-state index contributed by atoms with van der Waals surface area (Å²) in [5.74, 6) is -0.00914. The molecule has 0 spiro atoms. The van der Waals surface area contributed by atoms with Crippen LogP contribution in [0.4, 0.5) is 0 Å². The summed E-state index contributed by atoms with van der Waals surface area (Å²) in [6, 6.07) is 0.131. The fourth-order valence-electron chi connectivity index (χ4n) is 0.994. The lowest BCUT2D eigenvalue weighted by molar-refractivity contribution is -0.119. The first-order valence-electron chi connectivity index (χ1n) is 4.49. The molecule has 0 saturated heterocycles. The molecule has 1 atom stereocenters. The number of nitrogens with zero attached hydrogens (tertiary/aromatic N) is 1. The van der Waals surface area contributed by atoms with Gasteiger partial charge in [-0.2, -0.15) is 0 Å². The fourth-order valence-corrected chi connectivity index (χ4v) is 1.79. The Morgan fingerprint density at radius 2 is 2.43 bits per heavy atom. The molecule has 1 rings (SSSR count). The molecule has 0 aromatic carbocycles. The van der Waals surface area contributed by atoms with Gasteiger partial charge in [0.2, 0.25) is 5.91 Å². The van der Waals surface area contributed by atoms with Gasteiger partial charge >= 0.3 is 0 Å². The van der Waals surface area contributed by atoms with Crippen molar-refractivity contribution >= 4 is 17.2 Å². The molecule has 0 bridgehead atoms. The van der Waals surface area contributed by atoms with Crippen molar-refractivity contribution in [3.8, 4) is 0 Å². The molecule has 0 aliphatic rings. The molecule has 1 aromatic rings. The second-order valence-corrected chi connectivity index (χ2v) is 4.35. The normalized spacial score (nSPS) is 12.5. The summed E-state index contributed by atoms with van der Waals surface area (Å²) in [4.78, 5) is 16.4. The van der Waals surface area contributed by atoms with Crippen molar-refractivity contribution in [3.05, 3.63) is 16.1 Å². The Morgan fingerprint density at radius 3 is 2.93 bits per heavy atom. The lowest BCUT2D eigenvalue weighted by Crippen LogP contribution is -2.32. The number of hydrogen-bond acceptors (Lipinski definition) is 4. The fraction of sp³-hybridized carbons (Fsp3) is 0.556. The Balaban J connectivity index is 2.42. The summed E-state index contributed by atoms with van der Waals surface area (Å²) in [5, 5.41) is 6.68. The molecule has 78 valence electrons. The smallest absolute Gasteiger partial charge is 0.233 e. The number of rotatable bonds is 4. The highest BCUT2D eigenvalue weighted by atomic mass is 32.1. The van der Waals surface area contributed by atoms with Gasteiger partial charge in [-0.05, 0) is 13.8 Å². The molecule has 0 fully saturated rings. The molecule has 14 heavy (non-hydrogen) atoms. The Morgan fingerprint density at radius 1 is 1.71 bits per heavy atom. The van der Waals surface area contributed by atoms with Crippen LogP contribution in [0.3, 0.4) is 0 Å². The molecular formula is C9H15N3OS. The second-order valence-electron chi connectivity index (χ2n) is 3.08. The van der Waals surface area contributed by atoms with E-state index < -0.39 is 0 Å². The number of nitrogens with one attached hydrogen (secondary N) is 2. The van der Waals surface area contributed by atoms with Crippen molar-refractivity contribution in [2.75, 3.05) is 13.6 Å². The van der Waals surface area contributed by atoms with Crippen LogP contribution in [0.1, 0.15) is 22.9 Å². The number of likely N-dealkylation sites (N-methyl/N-ethyl adjacent to an activating group) is 1. The number of thiazole rings is 1. The van der Waals surface area contributed by atoms with Gasteiger partial charge in [0.1, 0.15) is 5.01 Å². The van der Waals surface area contributed by atoms with Crippen LogP contribution >= 0.6 is 11.3 Å². The van der Waals surface area contributed by atoms with Gasteiger partial charge in [-0.25, -0.2) is 4.98 Å². The van der Waals surface area contributed by atoms with Gasteiger partial charge in [0.25, 0.3) is 0 Å². The van der Waals surface area contributed by atoms with Crippen LogP contribution in [0.5, 0.6) is 0 Å². The molecule has 2 N–H and O–H groups in total. The third kappa shape index (κ3) is 3.08. The van der Waals surface area contributed by atoms with Crippen LogP contribution in [0.25, 0.3) is 0 Å². The van der Waals surface area contributed by atoms with E-state index in [1.165, 1.54) is 4.88 Å². The van der Waals surface area contributed by atoms with E-state index in [1.807, 2.05) is 20.0 Å². The number of aromatic nitrogens is 1. The van der Waals surface area contributed by atoms with Crippen molar-refractivity contribution in [1.29, 1.82) is 0 Å². The first kappa shape index (κ1) is 11.1. The van der Waals surface area contributed by atoms with Gasteiger partial charge < -0.3 is 5.32 Å². The van der Waals surface area contributed by atoms with E-state index in [-0.39, 0.29) is 11.9 Å². The van der Waals surface area contributed by atoms with E-state index in [1.54, 1.807) is 18.4 Å². The van der Waals surface area contributed by atoms with Gasteiger partial charge in [-0.15, -0.1) is 11.3 Å². The van der Waals surface area contributed by atoms with Crippen LogP contribution in [-0.4, -0.2) is 24.5 Å². The highest BCUT2D eigenvalue weighted by Crippen LogP contribution is 2.18. The number of carbonyl (C=O) groups excluding carboxylic acids is 1. The number of hydrogen-bond donors (Lipinski definition) is 2. The van der Waals surface area contributed by atoms with Crippen LogP contribution in [0.15, 0.2) is 6.20 Å². The first-order chi connectivity index (χ1) is 6.63. The average molecular weight is 213 g/mol. The van der Waals surface area contributed by atoms with E-state index >= 15 is 0 Å². The maximum atomic E-state index is 11.0. The van der Waals surface area contributed by atoms with Crippen molar-refractivity contribution in [3.63, 3.8) is 0 Å². The predicted octanol–water partition coefficient (Wildman–Crippen LogP) is 0.848. The van der Waals surface area contributed by atoms with Crippen LogP contribution < -0.4 is 10.6 Å². The Labute approximate surface area is 87.7 Å². The highest BCUT2D eigenvalue weighted by Gasteiger charge is 2.09. The maximum absolute atomic E-state index is 11.0. The number of amides is 1. The van der Waals surface area contributed by atoms with Gasteiger partial charge in [0, 0.05) is 18.1 Å². The van der Waals surface area contributed by atoms with Crippen molar-refractivity contribution < 1.29 is 4.79 Å². The van der Waals surface area contributed by atoms with Crippen LogP contribution in [0, 0.1) is 6.92 Å². The minimum atomic E-state index is -0.00914. The molecule has 1 unspecified atom stereocenters. The SMILES string of the molecule is CNC(=O)CNC(C)c1ncc(C)s1. The Kier molecular flexibility index (Phi) is 4.03. The molecular weight excluding hydrogens is 198 g/mol. The molecule has 4 nitrogen and oxygen atoms in total. The lowest BCUT2D eigenvalue weighted by Gasteiger charge is -2.09. The average Bonchev–Trinajstić information content (AvgIpc) is 2.60. The van der Waals surface area contributed by atoms with Crippen LogP contribution in [-0.2, 0) is 4.79 Å². The largest absolute Gasteiger partial charge is 0.358 e. The summed E-state index contributed by atoms with van der Waals surface area (Å²) in [6.45, 7) is 4.35. The van der Waals surface area contributed by atoms with E-state index in [4.69, 9.17) is 0 Å². The summed E-state index contributed by atoms with van der Waals surface area (Å²) in [5.41, 5.74) is 0. The zero-order chi connectivity index (χ0) is 10.6. The molecule has 0 radical (unpaired) electrons. The monoisotopic (exact) mass is 213 g/mol. The summed E-state index contributed by atoms with van der Waals surface area (Å²) < 4.78 is 0. The molecule has 0 aliphatic carbocycles. The van der Waals surface area contributed by atoms with Gasteiger partial charge in [0.05, 0.1) is 12.6 Å². The molecule has 1 amide bonds. The van der Waals surface area contributed by atoms with E-state index in [0.29, 0.717) is 6.54 Å². The Bertz CT molecular complexity index is 311. The number of carbonyl (C=O) groups is 1. The van der Waals surface area contributed by atoms with E-state index in [9.17, 15) is 4.79 Å². The summed E-state index contributed by atoms with van der Waals surface area (Å²) in [7, 11) is 1.63. The standard InChI is InChI=1S/C9H15N3OS/c1-6-4-12-9(14-6)7(2)11-5-8(13)10-3/h4,7,11H,5H2,1-3H3,(H,10,13). The zero-order valence-corrected chi connectivity index (χ0v) is 9.44. The van der Waals surface area contributed by atoms with Crippen LogP contribution in [0.2, 0.25) is 0 Å². The lowest BCUT2D eigenvalue weighted by atomic mass is 10.3. The third-order valence-corrected chi connectivity index (χ3v) is 2.95. The topological polar surface area (TPSA) is 54.0 Å². The minimum Gasteiger partial charge on any atom is -0.358 e. The number of aryl methyl sites for hydroxylation is 1. The molecule has 5 heteroatoms. The molecule has 0 saturated carbocycles. The van der Waals surface area contributed by atoms with E-state index in [0.717, 1.165) is 5.01 Å². The molecule has 1 heterocycles. The van der Waals surface area contributed by atoms with Crippen molar-refractivity contribution in [2.45, 2.75) is 19.9 Å². The molecule has 1 aromatic heterocycles. The summed E-state index contributed by atoms with van der Waals surface area (Å²) in [6.07, 6.45) is 1.85. The van der Waals surface area contributed by atoms with E-state index in [2.05, 4.69) is 15.6 Å². The van der Waals surface area contributed by atoms with Gasteiger partial charge in [0.15, 0.2) is 0 Å². The van der Waals surface area contributed by atoms with Gasteiger partial charge in [-0.3, -0.25) is 10.1 Å². The maximum Gasteiger partial charge on any atom is 0.233 e. The molecule has 0 aliphatic heterocycles. The quantitative estimate of drug-likeness (QED) is 0.779. The zero-order valence-electron chi connectivity index (χ0n) is 8.63. The van der Waals surface area contributed by atoms with Gasteiger partial charge in [-0.1, -0.05) is 0 Å². The third-order valence-electron chi connectivity index (χ3n) is 1.86. The highest BCUT2D eigenvalue weighted by molar-refractivity contribution is 7.11. The van der Waals surface area contributed by atoms with Crippen molar-refractivity contribution in [1.82, 2.24) is 15.6 Å². The first-order valence-corrected chi connectivity index (χ1v) is 5.31. The second kappa shape index (κ2) is 5.07. The summed E-state index contributed by atoms with van der Waals surface area (Å²) >= 11 is 1.65. The van der Waals surface area contributed by atoms with Crippen molar-refractivity contribution in [2.24, 2.45) is 0 Å².